The third-order valence-corrected chi connectivity index (χ3v) is 3.60. The zero-order valence-electron chi connectivity index (χ0n) is 10.4. The maximum atomic E-state index is 12.0. The molecule has 0 aromatic heterocycles. The number of hydrogen-bond acceptors (Lipinski definition) is 4. The predicted octanol–water partition coefficient (Wildman–Crippen LogP) is 1.86. The van der Waals surface area contributed by atoms with E-state index in [-0.39, 0.29) is 24.2 Å². The number of nitrogens with one attached hydrogen (secondary N) is 2. The van der Waals surface area contributed by atoms with E-state index in [9.17, 15) is 18.0 Å². The largest absolute Gasteiger partial charge is 0.573 e. The number of ether oxygens (including phenoxy) is 1. The van der Waals surface area contributed by atoms with Gasteiger partial charge in [-0.3, -0.25) is 10.1 Å². The van der Waals surface area contributed by atoms with Crippen LogP contribution in [0.3, 0.4) is 0 Å². The van der Waals surface area contributed by atoms with Crippen LogP contribution in [-0.2, 0) is 11.3 Å². The standard InChI is InChI=1S/C12H13F3N2O2S/c13-12(14,15)19-9-3-1-8(2-4-9)5-16-11(18)10-6-20-7-17-10/h1-4,10,17H,5-7H2,(H,16,18). The van der Waals surface area contributed by atoms with Crippen molar-refractivity contribution in [2.24, 2.45) is 0 Å². The van der Waals surface area contributed by atoms with Crippen molar-refractivity contribution in [3.8, 4) is 5.75 Å². The average Bonchev–Trinajstić information content (AvgIpc) is 2.89. The molecule has 1 amide bonds. The highest BCUT2D eigenvalue weighted by molar-refractivity contribution is 7.99. The van der Waals surface area contributed by atoms with Gasteiger partial charge in [-0.05, 0) is 17.7 Å². The Morgan fingerprint density at radius 1 is 1.40 bits per heavy atom. The molecule has 1 aliphatic heterocycles. The quantitative estimate of drug-likeness (QED) is 0.891. The molecule has 1 saturated heterocycles. The Hall–Kier alpha value is -1.41. The highest BCUT2D eigenvalue weighted by Gasteiger charge is 2.31. The van der Waals surface area contributed by atoms with Gasteiger partial charge >= 0.3 is 6.36 Å². The van der Waals surface area contributed by atoms with Crippen molar-refractivity contribution in [2.75, 3.05) is 11.6 Å². The van der Waals surface area contributed by atoms with Crippen LogP contribution >= 0.6 is 11.8 Å². The molecular weight excluding hydrogens is 293 g/mol. The lowest BCUT2D eigenvalue weighted by Crippen LogP contribution is -2.41. The van der Waals surface area contributed by atoms with Gasteiger partial charge in [-0.15, -0.1) is 24.9 Å². The number of alkyl halides is 3. The Kier molecular flexibility index (Phi) is 4.77. The maximum Gasteiger partial charge on any atom is 0.573 e. The lowest BCUT2D eigenvalue weighted by molar-refractivity contribution is -0.274. The molecule has 1 unspecified atom stereocenters. The third kappa shape index (κ3) is 4.61. The number of benzene rings is 1. The van der Waals surface area contributed by atoms with Crippen LogP contribution in [0, 0.1) is 0 Å². The van der Waals surface area contributed by atoms with E-state index in [0.29, 0.717) is 5.56 Å². The van der Waals surface area contributed by atoms with E-state index in [0.717, 1.165) is 11.6 Å². The van der Waals surface area contributed by atoms with Crippen LogP contribution in [0.5, 0.6) is 5.75 Å². The van der Waals surface area contributed by atoms with Crippen molar-refractivity contribution in [1.29, 1.82) is 0 Å². The van der Waals surface area contributed by atoms with Crippen LogP contribution < -0.4 is 15.4 Å². The summed E-state index contributed by atoms with van der Waals surface area (Å²) < 4.78 is 39.7. The van der Waals surface area contributed by atoms with Gasteiger partial charge in [0.25, 0.3) is 0 Å². The summed E-state index contributed by atoms with van der Waals surface area (Å²) >= 11 is 1.64. The molecule has 2 rings (SSSR count). The number of amides is 1. The molecule has 4 nitrogen and oxygen atoms in total. The lowest BCUT2D eigenvalue weighted by Gasteiger charge is -2.11. The Morgan fingerprint density at radius 3 is 2.65 bits per heavy atom. The van der Waals surface area contributed by atoms with Gasteiger partial charge in [0.1, 0.15) is 5.75 Å². The Bertz CT molecular complexity index is 459. The van der Waals surface area contributed by atoms with Crippen molar-refractivity contribution in [3.05, 3.63) is 29.8 Å². The van der Waals surface area contributed by atoms with E-state index in [1.54, 1.807) is 11.8 Å². The van der Waals surface area contributed by atoms with E-state index >= 15 is 0 Å². The second kappa shape index (κ2) is 6.36. The van der Waals surface area contributed by atoms with Crippen LogP contribution in [0.2, 0.25) is 0 Å². The monoisotopic (exact) mass is 306 g/mol. The van der Waals surface area contributed by atoms with Crippen LogP contribution in [0.15, 0.2) is 24.3 Å². The van der Waals surface area contributed by atoms with Gasteiger partial charge in [-0.2, -0.15) is 0 Å². The van der Waals surface area contributed by atoms with Gasteiger partial charge in [-0.25, -0.2) is 0 Å². The van der Waals surface area contributed by atoms with Crippen LogP contribution in [-0.4, -0.2) is 29.9 Å². The van der Waals surface area contributed by atoms with E-state index in [1.807, 2.05) is 0 Å². The molecule has 1 aromatic rings. The second-order valence-electron chi connectivity index (χ2n) is 4.18. The Balaban J connectivity index is 1.83. The molecule has 1 fully saturated rings. The van der Waals surface area contributed by atoms with Gasteiger partial charge < -0.3 is 10.1 Å². The van der Waals surface area contributed by atoms with Gasteiger partial charge in [-0.1, -0.05) is 12.1 Å². The predicted molar refractivity (Wildman–Crippen MR) is 69.2 cm³/mol. The summed E-state index contributed by atoms with van der Waals surface area (Å²) in [4.78, 5) is 11.7. The summed E-state index contributed by atoms with van der Waals surface area (Å²) in [6.45, 7) is 0.272. The van der Waals surface area contributed by atoms with Crippen LogP contribution in [0.1, 0.15) is 5.56 Å². The number of hydrogen-bond donors (Lipinski definition) is 2. The molecule has 0 aliphatic carbocycles. The van der Waals surface area contributed by atoms with E-state index in [1.165, 1.54) is 24.3 Å². The fraction of sp³-hybridized carbons (Fsp3) is 0.417. The number of rotatable bonds is 4. The van der Waals surface area contributed by atoms with Crippen LogP contribution in [0.4, 0.5) is 13.2 Å². The molecule has 1 heterocycles. The summed E-state index contributed by atoms with van der Waals surface area (Å²) in [7, 11) is 0. The first-order chi connectivity index (χ1) is 9.44. The van der Waals surface area contributed by atoms with E-state index in [2.05, 4.69) is 15.4 Å². The highest BCUT2D eigenvalue weighted by atomic mass is 32.2. The first-order valence-electron chi connectivity index (χ1n) is 5.87. The van der Waals surface area contributed by atoms with E-state index < -0.39 is 6.36 Å². The Morgan fingerprint density at radius 2 is 2.10 bits per heavy atom. The Labute approximate surface area is 118 Å². The molecule has 1 atom stereocenters. The first-order valence-corrected chi connectivity index (χ1v) is 7.03. The van der Waals surface area contributed by atoms with Crippen molar-refractivity contribution in [3.63, 3.8) is 0 Å². The average molecular weight is 306 g/mol. The van der Waals surface area contributed by atoms with Crippen molar-refractivity contribution in [1.82, 2.24) is 10.6 Å². The fourth-order valence-corrected chi connectivity index (χ4v) is 2.63. The van der Waals surface area contributed by atoms with Crippen LogP contribution in [0.25, 0.3) is 0 Å². The summed E-state index contributed by atoms with van der Waals surface area (Å²) in [6, 6.07) is 5.21. The SMILES string of the molecule is O=C(NCc1ccc(OC(F)(F)F)cc1)C1CSCN1. The van der Waals surface area contributed by atoms with E-state index in [4.69, 9.17) is 0 Å². The molecule has 8 heteroatoms. The molecule has 0 bridgehead atoms. The molecule has 0 radical (unpaired) electrons. The molecule has 110 valence electrons. The van der Waals surface area contributed by atoms with Gasteiger partial charge in [0.15, 0.2) is 0 Å². The van der Waals surface area contributed by atoms with Crippen molar-refractivity contribution in [2.45, 2.75) is 18.9 Å². The van der Waals surface area contributed by atoms with Gasteiger partial charge in [0, 0.05) is 18.2 Å². The summed E-state index contributed by atoms with van der Waals surface area (Å²) in [5.41, 5.74) is 0.707. The number of halogens is 3. The van der Waals surface area contributed by atoms with Crippen molar-refractivity contribution >= 4 is 17.7 Å². The number of carbonyl (C=O) groups is 1. The summed E-state index contributed by atoms with van der Waals surface area (Å²) in [5.74, 6) is 1.10. The fourth-order valence-electron chi connectivity index (χ4n) is 1.68. The topological polar surface area (TPSA) is 50.4 Å². The zero-order chi connectivity index (χ0) is 14.6. The maximum absolute atomic E-state index is 12.0. The van der Waals surface area contributed by atoms with Gasteiger partial charge in [0.2, 0.25) is 5.91 Å². The van der Waals surface area contributed by atoms with Gasteiger partial charge in [0.05, 0.1) is 6.04 Å². The minimum absolute atomic E-state index is 0.106. The normalized spacial score (nSPS) is 18.9. The van der Waals surface area contributed by atoms with Crippen molar-refractivity contribution < 1.29 is 22.7 Å². The molecular formula is C12H13F3N2O2S. The summed E-state index contributed by atoms with van der Waals surface area (Å²) in [6.07, 6.45) is -4.69. The lowest BCUT2D eigenvalue weighted by atomic mass is 10.2. The smallest absolute Gasteiger partial charge is 0.406 e. The minimum Gasteiger partial charge on any atom is -0.406 e. The number of thioether (sulfide) groups is 1. The highest BCUT2D eigenvalue weighted by Crippen LogP contribution is 2.22. The third-order valence-electron chi connectivity index (χ3n) is 2.66. The molecule has 1 aliphatic rings. The molecule has 0 saturated carbocycles. The number of carbonyl (C=O) groups excluding carboxylic acids is 1. The molecule has 0 spiro atoms. The zero-order valence-corrected chi connectivity index (χ0v) is 11.2. The molecule has 20 heavy (non-hydrogen) atoms. The second-order valence-corrected chi connectivity index (χ2v) is 5.21. The summed E-state index contributed by atoms with van der Waals surface area (Å²) in [5, 5.41) is 5.76. The molecule has 1 aromatic carbocycles. The minimum atomic E-state index is -4.69. The first kappa shape index (κ1) is 15.0. The molecule has 2 N–H and O–H groups in total.